The number of benzene rings is 1. The van der Waals surface area contributed by atoms with Crippen molar-refractivity contribution < 1.29 is 14.4 Å². The molecule has 0 saturated carbocycles. The first-order chi connectivity index (χ1) is 12.6. The first-order valence-electron chi connectivity index (χ1n) is 9.49. The van der Waals surface area contributed by atoms with E-state index in [0.29, 0.717) is 24.1 Å². The van der Waals surface area contributed by atoms with E-state index >= 15 is 0 Å². The van der Waals surface area contributed by atoms with Crippen LogP contribution in [0.3, 0.4) is 0 Å². The summed E-state index contributed by atoms with van der Waals surface area (Å²) in [5, 5.41) is 0. The van der Waals surface area contributed by atoms with Crippen molar-refractivity contribution in [1.82, 2.24) is 4.90 Å². The number of carbonyl (C=O) groups is 3. The van der Waals surface area contributed by atoms with Gasteiger partial charge in [-0.1, -0.05) is 23.8 Å². The molecule has 2 aliphatic heterocycles. The molecule has 26 heavy (non-hydrogen) atoms. The van der Waals surface area contributed by atoms with Crippen molar-refractivity contribution in [3.05, 3.63) is 41.5 Å². The number of allylic oxidation sites excluding steroid dienone is 2. The summed E-state index contributed by atoms with van der Waals surface area (Å²) in [7, 11) is 0. The Morgan fingerprint density at radius 3 is 2.46 bits per heavy atom. The molecule has 0 radical (unpaired) electrons. The average molecular weight is 352 g/mol. The molecule has 2 fully saturated rings. The van der Waals surface area contributed by atoms with Gasteiger partial charge in [-0.3, -0.25) is 14.4 Å². The quantitative estimate of drug-likeness (QED) is 0.607. The number of para-hydroxylation sites is 1. The summed E-state index contributed by atoms with van der Waals surface area (Å²) in [6, 6.07) is 7.04. The zero-order valence-corrected chi connectivity index (χ0v) is 15.1. The number of carbonyl (C=O) groups excluding carboxylic acids is 3. The van der Waals surface area contributed by atoms with Gasteiger partial charge in [-0.15, -0.1) is 0 Å². The van der Waals surface area contributed by atoms with Gasteiger partial charge in [0.25, 0.3) is 5.91 Å². The van der Waals surface area contributed by atoms with Crippen LogP contribution in [0.25, 0.3) is 0 Å². The SMILES string of the molecule is CC1=CC[C@@H]2C(=O)N(c3ccccc3C(=O)N3CCCCC3)C(=O)[C@H]2C1. The third kappa shape index (κ3) is 2.75. The molecule has 5 nitrogen and oxygen atoms in total. The number of amides is 3. The normalized spacial score (nSPS) is 26.0. The fourth-order valence-electron chi connectivity index (χ4n) is 4.39. The Bertz CT molecular complexity index is 792. The van der Waals surface area contributed by atoms with Crippen molar-refractivity contribution in [3.8, 4) is 0 Å². The van der Waals surface area contributed by atoms with Gasteiger partial charge >= 0.3 is 0 Å². The van der Waals surface area contributed by atoms with Gasteiger partial charge in [-0.05, 0) is 51.2 Å². The van der Waals surface area contributed by atoms with Crippen LogP contribution in [-0.2, 0) is 9.59 Å². The number of hydrogen-bond donors (Lipinski definition) is 0. The lowest BCUT2D eigenvalue weighted by molar-refractivity contribution is -0.122. The molecule has 1 aliphatic carbocycles. The summed E-state index contributed by atoms with van der Waals surface area (Å²) in [5.41, 5.74) is 2.07. The Kier molecular flexibility index (Phi) is 4.39. The second-order valence-corrected chi connectivity index (χ2v) is 7.59. The highest BCUT2D eigenvalue weighted by Crippen LogP contribution is 2.40. The standard InChI is InChI=1S/C21H24N2O3/c1-14-9-10-15-17(13-14)21(26)23(20(15)25)18-8-4-3-7-16(18)19(24)22-11-5-2-6-12-22/h3-4,7-9,15,17H,2,5-6,10-13H2,1H3/t15-,17-/m0/s1. The molecule has 3 aliphatic rings. The van der Waals surface area contributed by atoms with Gasteiger partial charge in [-0.2, -0.15) is 0 Å². The minimum atomic E-state index is -0.288. The van der Waals surface area contributed by atoms with Gasteiger partial charge < -0.3 is 4.90 Å². The second-order valence-electron chi connectivity index (χ2n) is 7.59. The summed E-state index contributed by atoms with van der Waals surface area (Å²) in [5.74, 6) is -0.978. The van der Waals surface area contributed by atoms with Crippen LogP contribution in [0.5, 0.6) is 0 Å². The molecule has 0 unspecified atom stereocenters. The number of piperidine rings is 1. The minimum absolute atomic E-state index is 0.0786. The molecule has 0 aromatic heterocycles. The monoisotopic (exact) mass is 352 g/mol. The lowest BCUT2D eigenvalue weighted by Crippen LogP contribution is -2.38. The van der Waals surface area contributed by atoms with Crippen molar-refractivity contribution in [2.24, 2.45) is 11.8 Å². The minimum Gasteiger partial charge on any atom is -0.339 e. The summed E-state index contributed by atoms with van der Waals surface area (Å²) < 4.78 is 0. The molecular formula is C21H24N2O3. The lowest BCUT2D eigenvalue weighted by atomic mass is 9.82. The molecule has 5 heteroatoms. The molecule has 136 valence electrons. The van der Waals surface area contributed by atoms with Crippen LogP contribution < -0.4 is 4.90 Å². The molecule has 1 aromatic rings. The lowest BCUT2D eigenvalue weighted by Gasteiger charge is -2.28. The molecular weight excluding hydrogens is 328 g/mol. The maximum Gasteiger partial charge on any atom is 0.255 e. The van der Waals surface area contributed by atoms with E-state index in [-0.39, 0.29) is 29.6 Å². The predicted molar refractivity (Wildman–Crippen MR) is 98.7 cm³/mol. The fraction of sp³-hybridized carbons (Fsp3) is 0.476. The number of hydrogen-bond acceptors (Lipinski definition) is 3. The number of imide groups is 1. The first kappa shape index (κ1) is 17.0. The van der Waals surface area contributed by atoms with Gasteiger partial charge in [0, 0.05) is 13.1 Å². The third-order valence-electron chi connectivity index (χ3n) is 5.84. The van der Waals surface area contributed by atoms with Gasteiger partial charge in [0.15, 0.2) is 0 Å². The molecule has 2 heterocycles. The molecule has 1 aromatic carbocycles. The second kappa shape index (κ2) is 6.71. The van der Waals surface area contributed by atoms with Gasteiger partial charge in [-0.25, -0.2) is 4.90 Å². The average Bonchev–Trinajstić information content (AvgIpc) is 2.92. The Balaban J connectivity index is 1.67. The van der Waals surface area contributed by atoms with Crippen LogP contribution in [-0.4, -0.2) is 35.7 Å². The molecule has 3 amide bonds. The first-order valence-corrected chi connectivity index (χ1v) is 9.49. The van der Waals surface area contributed by atoms with E-state index in [1.165, 1.54) is 4.90 Å². The molecule has 0 bridgehead atoms. The summed E-state index contributed by atoms with van der Waals surface area (Å²) in [6.45, 7) is 3.48. The van der Waals surface area contributed by atoms with Crippen LogP contribution in [0.15, 0.2) is 35.9 Å². The van der Waals surface area contributed by atoms with E-state index in [9.17, 15) is 14.4 Å². The van der Waals surface area contributed by atoms with E-state index in [0.717, 1.165) is 37.9 Å². The van der Waals surface area contributed by atoms with Gasteiger partial charge in [0.2, 0.25) is 11.8 Å². The highest BCUT2D eigenvalue weighted by atomic mass is 16.2. The molecule has 0 spiro atoms. The van der Waals surface area contributed by atoms with Crippen LogP contribution in [0.2, 0.25) is 0 Å². The molecule has 2 atom stereocenters. The maximum atomic E-state index is 13.0. The van der Waals surface area contributed by atoms with E-state index in [1.807, 2.05) is 11.8 Å². The number of fused-ring (bicyclic) bond motifs is 1. The maximum absolute atomic E-state index is 13.0. The van der Waals surface area contributed by atoms with Crippen molar-refractivity contribution >= 4 is 23.4 Å². The van der Waals surface area contributed by atoms with Crippen molar-refractivity contribution in [2.75, 3.05) is 18.0 Å². The van der Waals surface area contributed by atoms with Crippen LogP contribution in [0, 0.1) is 11.8 Å². The highest BCUT2D eigenvalue weighted by Gasteiger charge is 2.49. The predicted octanol–water partition coefficient (Wildman–Crippen LogP) is 3.16. The van der Waals surface area contributed by atoms with Crippen LogP contribution in [0.1, 0.15) is 49.4 Å². The topological polar surface area (TPSA) is 57.7 Å². The van der Waals surface area contributed by atoms with E-state index < -0.39 is 0 Å². The van der Waals surface area contributed by atoms with E-state index in [2.05, 4.69) is 6.08 Å². The van der Waals surface area contributed by atoms with Crippen molar-refractivity contribution in [2.45, 2.75) is 39.0 Å². The van der Waals surface area contributed by atoms with Crippen molar-refractivity contribution in [3.63, 3.8) is 0 Å². The third-order valence-corrected chi connectivity index (χ3v) is 5.84. The molecule has 0 N–H and O–H groups in total. The molecule has 2 saturated heterocycles. The fourth-order valence-corrected chi connectivity index (χ4v) is 4.39. The van der Waals surface area contributed by atoms with E-state index in [4.69, 9.17) is 0 Å². The zero-order chi connectivity index (χ0) is 18.3. The summed E-state index contributed by atoms with van der Waals surface area (Å²) >= 11 is 0. The number of nitrogens with zero attached hydrogens (tertiary/aromatic N) is 2. The van der Waals surface area contributed by atoms with Crippen LogP contribution >= 0.6 is 0 Å². The number of anilines is 1. The Labute approximate surface area is 153 Å². The van der Waals surface area contributed by atoms with Gasteiger partial charge in [0.1, 0.15) is 0 Å². The van der Waals surface area contributed by atoms with Crippen molar-refractivity contribution in [1.29, 1.82) is 0 Å². The molecule has 4 rings (SSSR count). The summed E-state index contributed by atoms with van der Waals surface area (Å²) in [6.07, 6.45) is 6.45. The zero-order valence-electron chi connectivity index (χ0n) is 15.1. The van der Waals surface area contributed by atoms with Crippen LogP contribution in [0.4, 0.5) is 5.69 Å². The smallest absolute Gasteiger partial charge is 0.255 e. The largest absolute Gasteiger partial charge is 0.339 e. The Morgan fingerprint density at radius 1 is 1.00 bits per heavy atom. The number of rotatable bonds is 2. The summed E-state index contributed by atoms with van der Waals surface area (Å²) in [4.78, 5) is 42.1. The Hall–Kier alpha value is -2.43. The van der Waals surface area contributed by atoms with E-state index in [1.54, 1.807) is 24.3 Å². The number of likely N-dealkylation sites (tertiary alicyclic amines) is 1. The Morgan fingerprint density at radius 2 is 1.69 bits per heavy atom. The van der Waals surface area contributed by atoms with Gasteiger partial charge in [0.05, 0.1) is 23.1 Å². The highest BCUT2D eigenvalue weighted by molar-refractivity contribution is 6.24.